The molecule has 1 atom stereocenters. The summed E-state index contributed by atoms with van der Waals surface area (Å²) in [5, 5.41) is 0. The number of methoxy groups -OCH3 is 1. The number of hydrogen-bond donors (Lipinski definition) is 0. The van der Waals surface area contributed by atoms with Crippen LogP contribution >= 0.6 is 0 Å². The van der Waals surface area contributed by atoms with Gasteiger partial charge in [-0.2, -0.15) is 0 Å². The molecule has 0 aliphatic heterocycles. The van der Waals surface area contributed by atoms with Crippen molar-refractivity contribution in [2.75, 3.05) is 7.11 Å². The van der Waals surface area contributed by atoms with Gasteiger partial charge >= 0.3 is 0 Å². The average molecular weight is 206 g/mol. The number of carbonyl (C=O) groups excluding carboxylic acids is 1. The topological polar surface area (TPSA) is 35.5 Å². The third-order valence-corrected chi connectivity index (χ3v) is 2.83. The lowest BCUT2D eigenvalue weighted by atomic mass is 9.89. The Hall–Kier alpha value is -1.51. The number of carbonyl (C=O) groups is 1. The third kappa shape index (κ3) is 1.96. The molecule has 2 rings (SSSR count). The van der Waals surface area contributed by atoms with Crippen LogP contribution in [0.15, 0.2) is 18.2 Å². The molecule has 1 aliphatic carbocycles. The highest BCUT2D eigenvalue weighted by Crippen LogP contribution is 2.33. The van der Waals surface area contributed by atoms with Crippen LogP contribution in [0.4, 0.5) is 0 Å². The summed E-state index contributed by atoms with van der Waals surface area (Å²) in [6.07, 6.45) is 2.93. The number of hydrogen-bond acceptors (Lipinski definition) is 3. The molecule has 0 amide bonds. The molecule has 0 heterocycles. The minimum atomic E-state index is -0.0721. The van der Waals surface area contributed by atoms with Gasteiger partial charge < -0.3 is 9.47 Å². The van der Waals surface area contributed by atoms with E-state index in [9.17, 15) is 4.79 Å². The number of ether oxygens (including phenoxy) is 2. The fraction of sp³-hybridized carbons (Fsp3) is 0.417. The van der Waals surface area contributed by atoms with Gasteiger partial charge in [0.2, 0.25) is 0 Å². The number of rotatable bonds is 3. The molecule has 0 saturated heterocycles. The molecular formula is C12H14O3. The van der Waals surface area contributed by atoms with Crippen molar-refractivity contribution in [3.63, 3.8) is 0 Å². The van der Waals surface area contributed by atoms with E-state index in [4.69, 9.17) is 9.47 Å². The molecular weight excluding hydrogens is 192 g/mol. The second-order valence-electron chi connectivity index (χ2n) is 3.68. The Labute approximate surface area is 89.0 Å². The molecule has 0 N–H and O–H groups in total. The van der Waals surface area contributed by atoms with Crippen LogP contribution in [-0.2, 0) is 16.0 Å². The highest BCUT2D eigenvalue weighted by Gasteiger charge is 2.21. The normalized spacial score (nSPS) is 19.1. The molecule has 1 aliphatic rings. The number of aryl methyl sites for hydroxylation is 1. The second kappa shape index (κ2) is 4.34. The molecule has 1 aromatic rings. The van der Waals surface area contributed by atoms with Gasteiger partial charge in [-0.25, -0.2) is 0 Å². The Kier molecular flexibility index (Phi) is 2.90. The lowest BCUT2D eigenvalue weighted by Crippen LogP contribution is -2.12. The lowest BCUT2D eigenvalue weighted by molar-refractivity contribution is -0.134. The first kappa shape index (κ1) is 10.0. The van der Waals surface area contributed by atoms with Crippen LogP contribution in [-0.4, -0.2) is 13.6 Å². The first-order chi connectivity index (χ1) is 7.35. The molecule has 80 valence electrons. The molecule has 0 saturated carbocycles. The summed E-state index contributed by atoms with van der Waals surface area (Å²) in [4.78, 5) is 10.4. The fourth-order valence-corrected chi connectivity index (χ4v) is 2.08. The minimum absolute atomic E-state index is 0.0721. The van der Waals surface area contributed by atoms with E-state index < -0.39 is 0 Å². The average Bonchev–Trinajstić information content (AvgIpc) is 2.29. The van der Waals surface area contributed by atoms with Gasteiger partial charge in [0.05, 0.1) is 7.11 Å². The molecule has 3 heteroatoms. The SMILES string of the molecule is COc1ccc2c(c1)CCCC2OC=O. The van der Waals surface area contributed by atoms with Crippen molar-refractivity contribution in [1.29, 1.82) is 0 Å². The van der Waals surface area contributed by atoms with Crippen molar-refractivity contribution < 1.29 is 14.3 Å². The predicted octanol–water partition coefficient (Wildman–Crippen LogP) is 2.25. The molecule has 15 heavy (non-hydrogen) atoms. The summed E-state index contributed by atoms with van der Waals surface area (Å²) in [6, 6.07) is 5.92. The van der Waals surface area contributed by atoms with Crippen LogP contribution < -0.4 is 4.74 Å². The Balaban J connectivity index is 2.31. The predicted molar refractivity (Wildman–Crippen MR) is 55.8 cm³/mol. The van der Waals surface area contributed by atoms with Crippen LogP contribution in [0.3, 0.4) is 0 Å². The minimum Gasteiger partial charge on any atom is -0.497 e. The molecule has 0 spiro atoms. The van der Waals surface area contributed by atoms with E-state index in [1.807, 2.05) is 18.2 Å². The Morgan fingerprint density at radius 1 is 1.47 bits per heavy atom. The Morgan fingerprint density at radius 2 is 2.33 bits per heavy atom. The highest BCUT2D eigenvalue weighted by atomic mass is 16.5. The van der Waals surface area contributed by atoms with Gasteiger partial charge in [-0.1, -0.05) is 6.07 Å². The van der Waals surface area contributed by atoms with Crippen LogP contribution in [0, 0.1) is 0 Å². The summed E-state index contributed by atoms with van der Waals surface area (Å²) < 4.78 is 10.2. The van der Waals surface area contributed by atoms with Crippen LogP contribution in [0.25, 0.3) is 0 Å². The van der Waals surface area contributed by atoms with Crippen molar-refractivity contribution in [3.05, 3.63) is 29.3 Å². The standard InChI is InChI=1S/C12H14O3/c1-14-10-5-6-11-9(7-10)3-2-4-12(11)15-8-13/h5-8,12H,2-4H2,1H3. The maximum Gasteiger partial charge on any atom is 0.293 e. The van der Waals surface area contributed by atoms with Crippen molar-refractivity contribution in [2.45, 2.75) is 25.4 Å². The van der Waals surface area contributed by atoms with Gasteiger partial charge in [0, 0.05) is 0 Å². The van der Waals surface area contributed by atoms with Gasteiger partial charge in [0.1, 0.15) is 11.9 Å². The van der Waals surface area contributed by atoms with Crippen LogP contribution in [0.5, 0.6) is 5.75 Å². The number of fused-ring (bicyclic) bond motifs is 1. The largest absolute Gasteiger partial charge is 0.497 e. The van der Waals surface area contributed by atoms with E-state index in [0.717, 1.165) is 30.6 Å². The highest BCUT2D eigenvalue weighted by molar-refractivity contribution is 5.42. The molecule has 3 nitrogen and oxygen atoms in total. The summed E-state index contributed by atoms with van der Waals surface area (Å²) in [5.41, 5.74) is 2.35. The molecule has 1 aromatic carbocycles. The van der Waals surface area contributed by atoms with E-state index in [1.165, 1.54) is 5.56 Å². The van der Waals surface area contributed by atoms with Gasteiger partial charge in [-0.3, -0.25) is 4.79 Å². The van der Waals surface area contributed by atoms with Crippen molar-refractivity contribution >= 4 is 6.47 Å². The zero-order valence-corrected chi connectivity index (χ0v) is 8.73. The van der Waals surface area contributed by atoms with Crippen molar-refractivity contribution in [1.82, 2.24) is 0 Å². The van der Waals surface area contributed by atoms with Gasteiger partial charge in [-0.15, -0.1) is 0 Å². The smallest absolute Gasteiger partial charge is 0.293 e. The van der Waals surface area contributed by atoms with E-state index in [1.54, 1.807) is 7.11 Å². The Bertz CT molecular complexity index is 360. The molecule has 0 fully saturated rings. The van der Waals surface area contributed by atoms with E-state index >= 15 is 0 Å². The second-order valence-corrected chi connectivity index (χ2v) is 3.68. The van der Waals surface area contributed by atoms with Crippen LogP contribution in [0.2, 0.25) is 0 Å². The first-order valence-electron chi connectivity index (χ1n) is 5.11. The van der Waals surface area contributed by atoms with Crippen LogP contribution in [0.1, 0.15) is 30.1 Å². The lowest BCUT2D eigenvalue weighted by Gasteiger charge is -2.24. The van der Waals surface area contributed by atoms with E-state index in [0.29, 0.717) is 6.47 Å². The first-order valence-corrected chi connectivity index (χ1v) is 5.11. The van der Waals surface area contributed by atoms with E-state index in [2.05, 4.69) is 0 Å². The molecule has 1 unspecified atom stereocenters. The summed E-state index contributed by atoms with van der Waals surface area (Å²) >= 11 is 0. The Morgan fingerprint density at radius 3 is 3.07 bits per heavy atom. The van der Waals surface area contributed by atoms with Crippen molar-refractivity contribution in [2.24, 2.45) is 0 Å². The summed E-state index contributed by atoms with van der Waals surface area (Å²) in [5.74, 6) is 0.862. The molecule has 0 bridgehead atoms. The fourth-order valence-electron chi connectivity index (χ4n) is 2.08. The molecule has 0 radical (unpaired) electrons. The summed E-state index contributed by atoms with van der Waals surface area (Å²) in [6.45, 7) is 0.532. The van der Waals surface area contributed by atoms with Gasteiger partial charge in [0.15, 0.2) is 0 Å². The van der Waals surface area contributed by atoms with Gasteiger partial charge in [0.25, 0.3) is 6.47 Å². The zero-order chi connectivity index (χ0) is 10.7. The quantitative estimate of drug-likeness (QED) is 0.711. The maximum atomic E-state index is 10.4. The molecule has 0 aromatic heterocycles. The van der Waals surface area contributed by atoms with Crippen molar-refractivity contribution in [3.8, 4) is 5.75 Å². The third-order valence-electron chi connectivity index (χ3n) is 2.83. The van der Waals surface area contributed by atoms with E-state index in [-0.39, 0.29) is 6.10 Å². The maximum absolute atomic E-state index is 10.4. The summed E-state index contributed by atoms with van der Waals surface area (Å²) in [7, 11) is 1.66. The monoisotopic (exact) mass is 206 g/mol. The number of benzene rings is 1. The zero-order valence-electron chi connectivity index (χ0n) is 8.73. The van der Waals surface area contributed by atoms with Gasteiger partial charge in [-0.05, 0) is 42.5 Å².